The summed E-state index contributed by atoms with van der Waals surface area (Å²) in [5.74, 6) is 4.89. The number of hydrogen-bond acceptors (Lipinski definition) is 13. The summed E-state index contributed by atoms with van der Waals surface area (Å²) in [6, 6.07) is 144. The maximum Gasteiger partial charge on any atom is 0.205 e. The van der Waals surface area contributed by atoms with Gasteiger partial charge in [0.1, 0.15) is 54.5 Å². The maximum atomic E-state index is 13.9. The summed E-state index contributed by atoms with van der Waals surface area (Å²) in [7, 11) is 0. The number of ether oxygens (including phenoxy) is 3. The van der Waals surface area contributed by atoms with Crippen LogP contribution in [0.2, 0.25) is 0 Å². The van der Waals surface area contributed by atoms with Crippen molar-refractivity contribution >= 4 is 147 Å². The Labute approximate surface area is 731 Å². The monoisotopic (exact) mass is 1700 g/mol. The zero-order chi connectivity index (χ0) is 79.1. The number of hydrogen-bond donors (Lipinski definition) is 0. The fraction of sp³-hybridized carbons (Fsp3) is 0.0377. The molecule has 15 heteroatoms. The Morgan fingerprint density at radius 3 is 0.769 bits per heavy atom. The summed E-state index contributed by atoms with van der Waals surface area (Å²) in [6.07, 6.45) is 0. The average Bonchev–Trinajstić information content (AvgIpc) is 1.56. The molecule has 4 aromatic heterocycles. The Morgan fingerprint density at radius 2 is 0.496 bits per heavy atom. The van der Waals surface area contributed by atoms with Crippen LogP contribution in [0, 0.1) is 0 Å². The first-order chi connectivity index (χ1) is 58.3. The van der Waals surface area contributed by atoms with Gasteiger partial charge in [0, 0.05) is 97.0 Å². The van der Waals surface area contributed by atoms with Crippen molar-refractivity contribution in [2.75, 3.05) is 19.6 Å². The number of carbonyl (C=O) groups is 2. The van der Waals surface area contributed by atoms with E-state index >= 15 is 0 Å². The first-order valence-corrected chi connectivity index (χ1v) is 42.8. The van der Waals surface area contributed by atoms with E-state index in [0.717, 1.165) is 127 Å². The van der Waals surface area contributed by atoms with E-state index in [2.05, 4.69) is 266 Å². The van der Waals surface area contributed by atoms with Gasteiger partial charge in [0.2, 0.25) is 11.6 Å². The van der Waals surface area contributed by atoms with Crippen molar-refractivity contribution in [1.29, 1.82) is 0 Å². The van der Waals surface area contributed by atoms with Crippen LogP contribution in [-0.4, -0.2) is 20.0 Å². The number of nitrogens with zero attached hydrogens (tertiary/aromatic N) is 4. The van der Waals surface area contributed by atoms with Crippen LogP contribution in [0.25, 0.3) is 0 Å². The molecule has 121 heavy (non-hydrogen) atoms. The van der Waals surface area contributed by atoms with E-state index in [0.29, 0.717) is 20.9 Å². The molecule has 6 heterocycles. The summed E-state index contributed by atoms with van der Waals surface area (Å²) >= 11 is 9.91. The zero-order valence-corrected chi connectivity index (χ0v) is 68.6. The van der Waals surface area contributed by atoms with Gasteiger partial charge < -0.3 is 33.8 Å². The van der Waals surface area contributed by atoms with Crippen LogP contribution in [0.3, 0.4) is 0 Å². The van der Waals surface area contributed by atoms with E-state index in [1.807, 2.05) is 211 Å². The van der Waals surface area contributed by atoms with Crippen molar-refractivity contribution in [3.8, 4) is 34.5 Å². The van der Waals surface area contributed by atoms with Gasteiger partial charge in [-0.3, -0.25) is 9.59 Å². The molecule has 22 rings (SSSR count). The third kappa shape index (κ3) is 14.2. The Balaban J connectivity index is 0.000000155. The SMILES string of the molecule is Brc1ccccc1Oc1ccccc1.C.C.O=C1c2cc(N(c3ccccc3)c3ccccc3)sc2C(=O)c2cc(N(c3ccccc3)c3ccccc3)sc21.[B].c1ccc(N(c2ccccc2)c2cc3c(s2)C2(c4ccccc4Oc4ccccc42)c2cc(N(c4ccccc4)c4ccccc4)sc2C32c3ccccc3Oc3ccccc32)cc1. The number of halogens is 1. The van der Waals surface area contributed by atoms with Crippen LogP contribution in [0.5, 0.6) is 34.5 Å². The third-order valence-corrected chi connectivity index (χ3v) is 27.0. The highest BCUT2D eigenvalue weighted by Gasteiger charge is 2.61. The Hall–Kier alpha value is -13.6. The summed E-state index contributed by atoms with van der Waals surface area (Å²) in [6.45, 7) is 0. The topological polar surface area (TPSA) is 74.8 Å². The lowest BCUT2D eigenvalue weighted by molar-refractivity contribution is 0.0986. The van der Waals surface area contributed by atoms with Crippen LogP contribution >= 0.6 is 61.3 Å². The summed E-state index contributed by atoms with van der Waals surface area (Å²) < 4.78 is 20.5. The molecule has 2 spiro atoms. The van der Waals surface area contributed by atoms with Crippen LogP contribution < -0.4 is 33.8 Å². The van der Waals surface area contributed by atoms with Crippen molar-refractivity contribution in [3.63, 3.8) is 0 Å². The van der Waals surface area contributed by atoms with Crippen molar-refractivity contribution < 1.29 is 23.8 Å². The second-order valence-electron chi connectivity index (χ2n) is 28.5. The smallest absolute Gasteiger partial charge is 0.205 e. The van der Waals surface area contributed by atoms with Gasteiger partial charge in [-0.1, -0.05) is 264 Å². The zero-order valence-electron chi connectivity index (χ0n) is 63.8. The van der Waals surface area contributed by atoms with Gasteiger partial charge >= 0.3 is 0 Å². The van der Waals surface area contributed by atoms with Gasteiger partial charge in [-0.15, -0.1) is 45.3 Å². The minimum absolute atomic E-state index is 0. The molecule has 4 aliphatic rings. The molecule has 0 atom stereocenters. The molecule has 585 valence electrons. The molecular formula is C106H77BBrN4O5S4. The largest absolute Gasteiger partial charge is 0.457 e. The first-order valence-electron chi connectivity index (χ1n) is 38.8. The molecule has 0 saturated carbocycles. The fourth-order valence-electron chi connectivity index (χ4n) is 16.7. The number of carbonyl (C=O) groups excluding carboxylic acids is 2. The fourth-order valence-corrected chi connectivity index (χ4v) is 22.3. The number of anilines is 12. The van der Waals surface area contributed by atoms with Crippen LogP contribution in [0.15, 0.2) is 423 Å². The second-order valence-corrected chi connectivity index (χ2v) is 33.5. The number of thiophene rings is 4. The Kier molecular flexibility index (Phi) is 22.7. The summed E-state index contributed by atoms with van der Waals surface area (Å²) in [4.78, 5) is 40.3. The number of ketones is 2. The van der Waals surface area contributed by atoms with Gasteiger partial charge in [0.25, 0.3) is 0 Å². The van der Waals surface area contributed by atoms with Crippen LogP contribution in [-0.2, 0) is 10.8 Å². The quantitative estimate of drug-likeness (QED) is 0.0990. The van der Waals surface area contributed by atoms with Crippen molar-refractivity contribution in [1.82, 2.24) is 0 Å². The lowest BCUT2D eigenvalue weighted by atomic mass is 9.54. The molecule has 2 aliphatic heterocycles. The highest BCUT2D eigenvalue weighted by atomic mass is 79.9. The lowest BCUT2D eigenvalue weighted by Crippen LogP contribution is -2.45. The van der Waals surface area contributed by atoms with Crippen molar-refractivity contribution in [2.45, 2.75) is 25.7 Å². The summed E-state index contributed by atoms with van der Waals surface area (Å²) in [5, 5.41) is 3.90. The van der Waals surface area contributed by atoms with Crippen LogP contribution in [0.1, 0.15) is 88.5 Å². The Morgan fingerprint density at radius 1 is 0.264 bits per heavy atom. The summed E-state index contributed by atoms with van der Waals surface area (Å²) in [5.41, 5.74) is 14.5. The molecule has 0 N–H and O–H groups in total. The number of rotatable bonds is 14. The van der Waals surface area contributed by atoms with E-state index in [9.17, 15) is 9.59 Å². The predicted octanol–water partition coefficient (Wildman–Crippen LogP) is 30.7. The number of fused-ring (bicyclic) bond motifs is 16. The van der Waals surface area contributed by atoms with Gasteiger partial charge in [-0.2, -0.15) is 0 Å². The van der Waals surface area contributed by atoms with E-state index in [1.54, 1.807) is 0 Å². The molecule has 9 nitrogen and oxygen atoms in total. The first kappa shape index (κ1) is 79.8. The average molecular weight is 1710 g/mol. The highest BCUT2D eigenvalue weighted by molar-refractivity contribution is 9.10. The maximum absolute atomic E-state index is 13.9. The molecule has 0 saturated heterocycles. The van der Waals surface area contributed by atoms with Gasteiger partial charge in [0.15, 0.2) is 0 Å². The normalized spacial score (nSPS) is 12.6. The highest BCUT2D eigenvalue weighted by Crippen LogP contribution is 2.71. The molecule has 2 aliphatic carbocycles. The molecule has 0 amide bonds. The molecule has 14 aromatic carbocycles. The lowest BCUT2D eigenvalue weighted by Gasteiger charge is -2.50. The van der Waals surface area contributed by atoms with E-state index < -0.39 is 10.8 Å². The molecule has 3 radical (unpaired) electrons. The number of para-hydroxylation sites is 14. The molecule has 0 fully saturated rings. The number of benzene rings is 14. The van der Waals surface area contributed by atoms with E-state index in [-0.39, 0.29) is 34.8 Å². The van der Waals surface area contributed by atoms with E-state index in [1.165, 1.54) is 43.6 Å². The molecular weight excluding hydrogens is 1630 g/mol. The molecule has 0 bridgehead atoms. The molecule has 18 aromatic rings. The van der Waals surface area contributed by atoms with Gasteiger partial charge in [-0.05, 0) is 197 Å². The predicted molar refractivity (Wildman–Crippen MR) is 507 cm³/mol. The van der Waals surface area contributed by atoms with Gasteiger partial charge in [0.05, 0.1) is 25.1 Å². The van der Waals surface area contributed by atoms with Gasteiger partial charge in [-0.25, -0.2) is 0 Å². The second kappa shape index (κ2) is 34.4. The minimum Gasteiger partial charge on any atom is -0.457 e. The minimum atomic E-state index is -0.778. The van der Waals surface area contributed by atoms with Crippen LogP contribution in [0.4, 0.5) is 65.5 Å². The Bertz CT molecular complexity index is 5990. The van der Waals surface area contributed by atoms with E-state index in [4.69, 9.17) is 14.2 Å². The standard InChI is InChI=1S/C58H38N2O2S2.C34H22N2O2S2.C12H9BrO.2CH4.B/c1-5-21-39(22-6-1)59(40-23-7-2-8-24-40)53-37-47-55(63-53)58(45-31-15-19-35-51(45)62-52-36-20-16-32-46(52)58)48-38-54(60(41-25-9-3-10-26-41)42-27-11-4-12-28-42)64-56(48)57(47)43-29-13-17-33-49(43)61-50-34-18-14-30-44(50)57;37-31-27-21-29(35(23-13-5-1-6-14-23)24-15-7-2-8-16-24)39-33(27)32(38)28-22-30(40-34(28)31)36(25-17-9-3-10-18-25)26-19-11-4-12-20-26;13-11-8-4-5-9-12(11)14-10-6-2-1-3-7-10;;;/h1-38H;1-22H;1-9H;2*1H4;. The van der Waals surface area contributed by atoms with Crippen molar-refractivity contribution in [3.05, 3.63) is 487 Å². The third-order valence-electron chi connectivity index (χ3n) is 21.7. The molecule has 0 unspecified atom stereocenters. The van der Waals surface area contributed by atoms with Crippen molar-refractivity contribution in [2.24, 2.45) is 0 Å².